The minimum Gasteiger partial charge on any atom is -0.412 e. The second-order valence-corrected chi connectivity index (χ2v) is 3.25. The van der Waals surface area contributed by atoms with Crippen LogP contribution in [-0.2, 0) is 4.74 Å². The zero-order valence-corrected chi connectivity index (χ0v) is 8.12. The fraction of sp³-hybridized carbons (Fsp3) is 1.00. The van der Waals surface area contributed by atoms with Crippen LogP contribution < -0.4 is 4.72 Å². The second-order valence-electron chi connectivity index (χ2n) is 2.26. The van der Waals surface area contributed by atoms with Crippen molar-refractivity contribution in [2.45, 2.75) is 6.42 Å². The monoisotopic (exact) mass is 198 g/mol. The highest BCUT2D eigenvalue weighted by atomic mass is 32.2. The van der Waals surface area contributed by atoms with E-state index in [0.717, 1.165) is 13.2 Å². The van der Waals surface area contributed by atoms with E-state index in [1.54, 1.807) is 19.2 Å². The number of hydrogen-bond donors (Lipinski definition) is 1. The molecule has 76 valence electrons. The SMILES string of the molecule is COCCNSN1CCC1.O.O. The fourth-order valence-corrected chi connectivity index (χ4v) is 1.46. The molecule has 5 N–H and O–H groups in total. The molecule has 1 aliphatic rings. The first kappa shape index (κ1) is 14.7. The summed E-state index contributed by atoms with van der Waals surface area (Å²) in [6, 6.07) is 0. The molecule has 6 heteroatoms. The quantitative estimate of drug-likeness (QED) is 0.446. The van der Waals surface area contributed by atoms with E-state index in [2.05, 4.69) is 9.03 Å². The van der Waals surface area contributed by atoms with Crippen molar-refractivity contribution in [1.29, 1.82) is 0 Å². The van der Waals surface area contributed by atoms with Crippen LogP contribution in [-0.4, -0.2) is 48.6 Å². The Labute approximate surface area is 77.3 Å². The van der Waals surface area contributed by atoms with Gasteiger partial charge in [-0.15, -0.1) is 0 Å². The lowest BCUT2D eigenvalue weighted by molar-refractivity contribution is 0.204. The molecule has 5 nitrogen and oxygen atoms in total. The van der Waals surface area contributed by atoms with Crippen molar-refractivity contribution < 1.29 is 15.7 Å². The van der Waals surface area contributed by atoms with Crippen LogP contribution in [0.3, 0.4) is 0 Å². The third kappa shape index (κ3) is 5.76. The summed E-state index contributed by atoms with van der Waals surface area (Å²) < 4.78 is 10.4. The highest BCUT2D eigenvalue weighted by Crippen LogP contribution is 2.14. The Morgan fingerprint density at radius 1 is 1.42 bits per heavy atom. The van der Waals surface area contributed by atoms with Gasteiger partial charge in [0.1, 0.15) is 0 Å². The predicted molar refractivity (Wildman–Crippen MR) is 50.9 cm³/mol. The molecule has 0 aliphatic carbocycles. The molecule has 0 aromatic rings. The summed E-state index contributed by atoms with van der Waals surface area (Å²) in [4.78, 5) is 0. The first-order valence-corrected chi connectivity index (χ1v) is 4.34. The summed E-state index contributed by atoms with van der Waals surface area (Å²) in [6.45, 7) is 4.17. The maximum atomic E-state index is 4.88. The average Bonchev–Trinajstić information content (AvgIpc) is 1.84. The number of ether oxygens (including phenoxy) is 1. The van der Waals surface area contributed by atoms with Crippen molar-refractivity contribution >= 4 is 12.1 Å². The van der Waals surface area contributed by atoms with Gasteiger partial charge in [-0.3, -0.25) is 0 Å². The second kappa shape index (κ2) is 9.24. The van der Waals surface area contributed by atoms with Crippen molar-refractivity contribution in [3.05, 3.63) is 0 Å². The Balaban J connectivity index is 0. The number of nitrogens with one attached hydrogen (secondary N) is 1. The van der Waals surface area contributed by atoms with Gasteiger partial charge in [-0.25, -0.2) is 9.03 Å². The molecule has 0 unspecified atom stereocenters. The van der Waals surface area contributed by atoms with Crippen LogP contribution in [0.15, 0.2) is 0 Å². The van der Waals surface area contributed by atoms with E-state index in [9.17, 15) is 0 Å². The van der Waals surface area contributed by atoms with Crippen molar-refractivity contribution in [3.63, 3.8) is 0 Å². The summed E-state index contributed by atoms with van der Waals surface area (Å²) in [5.74, 6) is 0. The van der Waals surface area contributed by atoms with Gasteiger partial charge in [0, 0.05) is 38.9 Å². The minimum absolute atomic E-state index is 0. The third-order valence-corrected chi connectivity index (χ3v) is 2.37. The largest absolute Gasteiger partial charge is 0.412 e. The summed E-state index contributed by atoms with van der Waals surface area (Å²) in [5, 5.41) is 0. The Kier molecular flexibility index (Phi) is 11.3. The molecule has 0 saturated carbocycles. The Bertz CT molecular complexity index is 92.9. The summed E-state index contributed by atoms with van der Waals surface area (Å²) >= 11 is 1.71. The third-order valence-electron chi connectivity index (χ3n) is 1.42. The lowest BCUT2D eigenvalue weighted by atomic mass is 10.3. The van der Waals surface area contributed by atoms with Gasteiger partial charge in [0.25, 0.3) is 0 Å². The summed E-state index contributed by atoms with van der Waals surface area (Å²) in [7, 11) is 1.72. The van der Waals surface area contributed by atoms with Crippen LogP contribution in [0.2, 0.25) is 0 Å². The maximum absolute atomic E-state index is 4.88. The van der Waals surface area contributed by atoms with E-state index in [4.69, 9.17) is 4.74 Å². The number of hydrogen-bond acceptors (Lipinski definition) is 4. The van der Waals surface area contributed by atoms with Crippen molar-refractivity contribution in [3.8, 4) is 0 Å². The first-order chi connectivity index (χ1) is 4.93. The van der Waals surface area contributed by atoms with Crippen LogP contribution in [0.4, 0.5) is 0 Å². The lowest BCUT2D eigenvalue weighted by Gasteiger charge is -2.28. The Morgan fingerprint density at radius 2 is 2.08 bits per heavy atom. The number of nitrogens with zero attached hydrogens (tertiary/aromatic N) is 1. The molecule has 0 spiro atoms. The molecule has 0 atom stereocenters. The molecule has 1 rings (SSSR count). The fourth-order valence-electron chi connectivity index (χ4n) is 0.659. The topological polar surface area (TPSA) is 87.5 Å². The summed E-state index contributed by atoms with van der Waals surface area (Å²) in [5.41, 5.74) is 0. The van der Waals surface area contributed by atoms with Gasteiger partial charge in [-0.1, -0.05) is 0 Å². The van der Waals surface area contributed by atoms with Gasteiger partial charge >= 0.3 is 0 Å². The number of rotatable bonds is 5. The Morgan fingerprint density at radius 3 is 2.50 bits per heavy atom. The van der Waals surface area contributed by atoms with Crippen LogP contribution >= 0.6 is 12.1 Å². The van der Waals surface area contributed by atoms with Crippen molar-refractivity contribution in [1.82, 2.24) is 9.03 Å². The molecular weight excluding hydrogens is 180 g/mol. The molecule has 1 saturated heterocycles. The van der Waals surface area contributed by atoms with Crippen LogP contribution in [0.1, 0.15) is 6.42 Å². The van der Waals surface area contributed by atoms with Gasteiger partial charge in [-0.2, -0.15) is 0 Å². The average molecular weight is 198 g/mol. The molecule has 12 heavy (non-hydrogen) atoms. The van der Waals surface area contributed by atoms with Crippen molar-refractivity contribution in [2.24, 2.45) is 0 Å². The standard InChI is InChI=1S/C6H14N2OS.2H2O/c1-9-6-3-7-10-8-4-2-5-8;;/h7H,2-6H2,1H3;2*1H2. The van der Waals surface area contributed by atoms with E-state index >= 15 is 0 Å². The van der Waals surface area contributed by atoms with E-state index in [-0.39, 0.29) is 11.0 Å². The molecule has 1 aliphatic heterocycles. The normalized spacial score (nSPS) is 15.8. The van der Waals surface area contributed by atoms with Gasteiger partial charge in [-0.05, 0) is 6.42 Å². The number of methoxy groups -OCH3 is 1. The van der Waals surface area contributed by atoms with Gasteiger partial charge < -0.3 is 15.7 Å². The molecule has 1 fully saturated rings. The minimum atomic E-state index is 0. The van der Waals surface area contributed by atoms with Gasteiger partial charge in [0.2, 0.25) is 0 Å². The van der Waals surface area contributed by atoms with E-state index < -0.39 is 0 Å². The smallest absolute Gasteiger partial charge is 0.0596 e. The Hall–Kier alpha value is 0.150. The van der Waals surface area contributed by atoms with Crippen molar-refractivity contribution in [2.75, 3.05) is 33.4 Å². The first-order valence-electron chi connectivity index (χ1n) is 3.57. The van der Waals surface area contributed by atoms with Crippen LogP contribution in [0.25, 0.3) is 0 Å². The van der Waals surface area contributed by atoms with Crippen LogP contribution in [0, 0.1) is 0 Å². The highest BCUT2D eigenvalue weighted by Gasteiger charge is 2.12. The molecular formula is C6H18N2O3S. The molecule has 0 aromatic carbocycles. The van der Waals surface area contributed by atoms with E-state index in [0.29, 0.717) is 0 Å². The highest BCUT2D eigenvalue weighted by molar-refractivity contribution is 7.95. The molecule has 0 aromatic heterocycles. The molecule has 1 heterocycles. The maximum Gasteiger partial charge on any atom is 0.0596 e. The molecule has 0 amide bonds. The molecule has 0 radical (unpaired) electrons. The van der Waals surface area contributed by atoms with E-state index in [1.807, 2.05) is 0 Å². The molecule has 0 bridgehead atoms. The predicted octanol–water partition coefficient (Wildman–Crippen LogP) is -1.16. The van der Waals surface area contributed by atoms with Gasteiger partial charge in [0.15, 0.2) is 0 Å². The zero-order valence-electron chi connectivity index (χ0n) is 7.30. The van der Waals surface area contributed by atoms with Crippen LogP contribution in [0.5, 0.6) is 0 Å². The lowest BCUT2D eigenvalue weighted by Crippen LogP contribution is -2.34. The summed E-state index contributed by atoms with van der Waals surface area (Å²) in [6.07, 6.45) is 1.35. The van der Waals surface area contributed by atoms with Gasteiger partial charge in [0.05, 0.1) is 6.61 Å². The van der Waals surface area contributed by atoms with E-state index in [1.165, 1.54) is 19.5 Å². The zero-order chi connectivity index (χ0) is 7.23.